The minimum atomic E-state index is -0.455. The summed E-state index contributed by atoms with van der Waals surface area (Å²) in [6.07, 6.45) is 0. The highest BCUT2D eigenvalue weighted by molar-refractivity contribution is 5.72. The van der Waals surface area contributed by atoms with E-state index in [1.165, 1.54) is 4.57 Å². The van der Waals surface area contributed by atoms with Crippen molar-refractivity contribution in [3.05, 3.63) is 40.6 Å². The first kappa shape index (κ1) is 14.6. The van der Waals surface area contributed by atoms with Gasteiger partial charge in [0.05, 0.1) is 25.3 Å². The molecule has 124 valence electrons. The fourth-order valence-corrected chi connectivity index (χ4v) is 2.71. The number of morpholine rings is 1. The van der Waals surface area contributed by atoms with Gasteiger partial charge in [0.25, 0.3) is 0 Å². The van der Waals surface area contributed by atoms with Crippen molar-refractivity contribution >= 4 is 23.0 Å². The van der Waals surface area contributed by atoms with Crippen molar-refractivity contribution in [2.24, 2.45) is 0 Å². The van der Waals surface area contributed by atoms with E-state index < -0.39 is 5.76 Å². The first-order valence-corrected chi connectivity index (χ1v) is 7.62. The van der Waals surface area contributed by atoms with Crippen molar-refractivity contribution in [3.8, 4) is 0 Å². The summed E-state index contributed by atoms with van der Waals surface area (Å²) >= 11 is 0. The Morgan fingerprint density at radius 2 is 1.92 bits per heavy atom. The lowest BCUT2D eigenvalue weighted by atomic mass is 10.3. The molecule has 3 heterocycles. The minimum Gasteiger partial charge on any atom is -0.408 e. The van der Waals surface area contributed by atoms with Crippen LogP contribution >= 0.6 is 0 Å². The second kappa shape index (κ2) is 5.93. The van der Waals surface area contributed by atoms with Gasteiger partial charge in [-0.05, 0) is 12.1 Å². The predicted octanol–water partition coefficient (Wildman–Crippen LogP) is 0.247. The molecule has 2 N–H and O–H groups in total. The highest BCUT2D eigenvalue weighted by Crippen LogP contribution is 2.15. The van der Waals surface area contributed by atoms with Crippen LogP contribution in [0.5, 0.6) is 0 Å². The molecular weight excluding hydrogens is 312 g/mol. The van der Waals surface area contributed by atoms with Gasteiger partial charge in [-0.3, -0.25) is 4.57 Å². The van der Waals surface area contributed by atoms with E-state index in [4.69, 9.17) is 14.9 Å². The Balaban J connectivity index is 1.70. The van der Waals surface area contributed by atoms with Crippen LogP contribution < -0.4 is 16.4 Å². The van der Waals surface area contributed by atoms with Gasteiger partial charge in [0.1, 0.15) is 0 Å². The van der Waals surface area contributed by atoms with Crippen LogP contribution in [0.2, 0.25) is 0 Å². The summed E-state index contributed by atoms with van der Waals surface area (Å²) in [6, 6.07) is 7.21. The van der Waals surface area contributed by atoms with E-state index in [-0.39, 0.29) is 12.5 Å². The lowest BCUT2D eigenvalue weighted by Crippen LogP contribution is -2.37. The number of nitrogen functional groups attached to an aromatic ring is 1. The Labute approximate surface area is 136 Å². The minimum absolute atomic E-state index is 0.127. The van der Waals surface area contributed by atoms with Crippen LogP contribution in [0.4, 0.5) is 11.9 Å². The van der Waals surface area contributed by atoms with Gasteiger partial charge in [-0.15, -0.1) is 0 Å². The van der Waals surface area contributed by atoms with E-state index in [0.717, 1.165) is 0 Å². The number of benzene rings is 1. The summed E-state index contributed by atoms with van der Waals surface area (Å²) < 4.78 is 12.0. The van der Waals surface area contributed by atoms with Crippen molar-refractivity contribution in [3.63, 3.8) is 0 Å². The number of fused-ring (bicyclic) bond motifs is 1. The van der Waals surface area contributed by atoms with E-state index >= 15 is 0 Å². The van der Waals surface area contributed by atoms with E-state index in [1.807, 2.05) is 23.1 Å². The maximum Gasteiger partial charge on any atom is 0.420 e. The zero-order valence-electron chi connectivity index (χ0n) is 12.9. The molecule has 0 atom stereocenters. The molecule has 1 fully saturated rings. The largest absolute Gasteiger partial charge is 0.420 e. The summed E-state index contributed by atoms with van der Waals surface area (Å²) in [5.74, 6) is 0.588. The van der Waals surface area contributed by atoms with E-state index in [9.17, 15) is 4.79 Å². The molecule has 0 unspecified atom stereocenters. The highest BCUT2D eigenvalue weighted by atomic mass is 16.5. The van der Waals surface area contributed by atoms with Gasteiger partial charge in [0, 0.05) is 13.1 Å². The summed E-state index contributed by atoms with van der Waals surface area (Å²) in [7, 11) is 0. The lowest BCUT2D eigenvalue weighted by Gasteiger charge is -2.26. The number of hydrogen-bond donors (Lipinski definition) is 1. The molecule has 1 aromatic carbocycles. The van der Waals surface area contributed by atoms with Gasteiger partial charge in [0.2, 0.25) is 11.9 Å². The average Bonchev–Trinajstić information content (AvgIpc) is 2.91. The highest BCUT2D eigenvalue weighted by Gasteiger charge is 2.17. The summed E-state index contributed by atoms with van der Waals surface area (Å²) in [5.41, 5.74) is 7.03. The molecular formula is C15H16N6O3. The fraction of sp³-hybridized carbons (Fsp3) is 0.333. The van der Waals surface area contributed by atoms with E-state index in [2.05, 4.69) is 15.0 Å². The number of anilines is 2. The standard InChI is InChI=1S/C15H16N6O3/c16-13-17-12(18-14(19-13)20-5-7-23-8-6-20)9-21-10-3-1-2-4-11(10)24-15(21)22/h1-4H,5-9H2,(H2,16,17,18,19). The number of hydrogen-bond acceptors (Lipinski definition) is 8. The van der Waals surface area contributed by atoms with Crippen LogP contribution in [0.3, 0.4) is 0 Å². The van der Waals surface area contributed by atoms with Crippen molar-refractivity contribution in [1.82, 2.24) is 19.5 Å². The molecule has 1 saturated heterocycles. The fourth-order valence-electron chi connectivity index (χ4n) is 2.71. The number of para-hydroxylation sites is 2. The van der Waals surface area contributed by atoms with Crippen molar-refractivity contribution in [2.45, 2.75) is 6.54 Å². The quantitative estimate of drug-likeness (QED) is 0.728. The topological polar surface area (TPSA) is 112 Å². The van der Waals surface area contributed by atoms with E-state index in [1.54, 1.807) is 6.07 Å². The average molecular weight is 328 g/mol. The Kier molecular flexibility index (Phi) is 3.62. The molecule has 24 heavy (non-hydrogen) atoms. The lowest BCUT2D eigenvalue weighted by molar-refractivity contribution is 0.122. The molecule has 0 radical (unpaired) electrons. The molecule has 0 aliphatic carbocycles. The number of nitrogens with two attached hydrogens (primary N) is 1. The van der Waals surface area contributed by atoms with Gasteiger partial charge in [-0.2, -0.15) is 15.0 Å². The Morgan fingerprint density at radius 3 is 2.75 bits per heavy atom. The number of oxazole rings is 1. The molecule has 9 nitrogen and oxygen atoms in total. The molecule has 1 aliphatic rings. The first-order valence-electron chi connectivity index (χ1n) is 7.62. The number of nitrogens with zero attached hydrogens (tertiary/aromatic N) is 5. The van der Waals surface area contributed by atoms with Crippen LogP contribution in [0, 0.1) is 0 Å². The van der Waals surface area contributed by atoms with E-state index in [0.29, 0.717) is 49.2 Å². The SMILES string of the molecule is Nc1nc(Cn2c(=O)oc3ccccc32)nc(N2CCOCC2)n1. The maximum absolute atomic E-state index is 12.1. The predicted molar refractivity (Wildman–Crippen MR) is 86.8 cm³/mol. The second-order valence-corrected chi connectivity index (χ2v) is 5.43. The normalized spacial score (nSPS) is 15.1. The molecule has 9 heteroatoms. The Hall–Kier alpha value is -2.94. The van der Waals surface area contributed by atoms with Gasteiger partial charge in [-0.1, -0.05) is 12.1 Å². The van der Waals surface area contributed by atoms with Crippen molar-refractivity contribution in [1.29, 1.82) is 0 Å². The first-order chi connectivity index (χ1) is 11.7. The molecule has 0 amide bonds. The number of aromatic nitrogens is 4. The van der Waals surface area contributed by atoms with Crippen molar-refractivity contribution in [2.75, 3.05) is 36.9 Å². The Bertz CT molecular complexity index is 928. The van der Waals surface area contributed by atoms with Gasteiger partial charge < -0.3 is 19.8 Å². The molecule has 0 bridgehead atoms. The molecule has 2 aromatic heterocycles. The van der Waals surface area contributed by atoms with Gasteiger partial charge >= 0.3 is 5.76 Å². The maximum atomic E-state index is 12.1. The third-order valence-electron chi connectivity index (χ3n) is 3.85. The van der Waals surface area contributed by atoms with Crippen LogP contribution in [-0.2, 0) is 11.3 Å². The third-order valence-corrected chi connectivity index (χ3v) is 3.85. The zero-order chi connectivity index (χ0) is 16.5. The summed E-state index contributed by atoms with van der Waals surface area (Å²) in [6.45, 7) is 2.79. The summed E-state index contributed by atoms with van der Waals surface area (Å²) in [4.78, 5) is 26.9. The molecule has 0 saturated carbocycles. The van der Waals surface area contributed by atoms with Crippen molar-refractivity contribution < 1.29 is 9.15 Å². The summed E-state index contributed by atoms with van der Waals surface area (Å²) in [5, 5.41) is 0. The third kappa shape index (κ3) is 2.69. The zero-order valence-corrected chi connectivity index (χ0v) is 12.9. The van der Waals surface area contributed by atoms with Crippen LogP contribution in [0.25, 0.3) is 11.1 Å². The molecule has 4 rings (SSSR count). The molecule has 3 aromatic rings. The number of ether oxygens (including phenoxy) is 1. The monoisotopic (exact) mass is 328 g/mol. The Morgan fingerprint density at radius 1 is 1.12 bits per heavy atom. The smallest absolute Gasteiger partial charge is 0.408 e. The van der Waals surface area contributed by atoms with Gasteiger partial charge in [-0.25, -0.2) is 4.79 Å². The molecule has 1 aliphatic heterocycles. The molecule has 0 spiro atoms. The van der Waals surface area contributed by atoms with Gasteiger partial charge in [0.15, 0.2) is 11.4 Å². The number of rotatable bonds is 3. The van der Waals surface area contributed by atoms with Crippen LogP contribution in [-0.4, -0.2) is 45.8 Å². The van der Waals surface area contributed by atoms with Crippen LogP contribution in [0.15, 0.2) is 33.5 Å². The van der Waals surface area contributed by atoms with Crippen LogP contribution in [0.1, 0.15) is 5.82 Å². The second-order valence-electron chi connectivity index (χ2n) is 5.43.